The van der Waals surface area contributed by atoms with Gasteiger partial charge in [0.1, 0.15) is 5.82 Å². The van der Waals surface area contributed by atoms with E-state index in [9.17, 15) is 0 Å². The highest BCUT2D eigenvalue weighted by Gasteiger charge is 2.11. The molecule has 0 saturated heterocycles. The largest absolute Gasteiger partial charge is 0.326 e. The highest BCUT2D eigenvalue weighted by Crippen LogP contribution is 2.21. The topological polar surface area (TPSA) is 51.8 Å². The minimum Gasteiger partial charge on any atom is -0.326 e. The van der Waals surface area contributed by atoms with Crippen LogP contribution in [-0.4, -0.2) is 9.97 Å². The Morgan fingerprint density at radius 3 is 2.79 bits per heavy atom. The van der Waals surface area contributed by atoms with Gasteiger partial charge >= 0.3 is 0 Å². The van der Waals surface area contributed by atoms with Gasteiger partial charge in [-0.1, -0.05) is 20.3 Å². The monoisotopic (exact) mass is 193 g/mol. The molecule has 0 aliphatic carbocycles. The Bertz CT molecular complexity index is 297. The maximum atomic E-state index is 5.65. The van der Waals surface area contributed by atoms with Gasteiger partial charge in [0, 0.05) is 18.3 Å². The second kappa shape index (κ2) is 5.05. The summed E-state index contributed by atoms with van der Waals surface area (Å²) in [5, 5.41) is 0. The van der Waals surface area contributed by atoms with Crippen molar-refractivity contribution in [3.8, 4) is 0 Å². The molecule has 78 valence electrons. The van der Waals surface area contributed by atoms with Gasteiger partial charge in [-0.3, -0.25) is 0 Å². The van der Waals surface area contributed by atoms with Crippen molar-refractivity contribution >= 4 is 0 Å². The first-order valence-electron chi connectivity index (χ1n) is 5.21. The molecule has 0 aliphatic rings. The van der Waals surface area contributed by atoms with Gasteiger partial charge in [-0.2, -0.15) is 0 Å². The third-order valence-electron chi connectivity index (χ3n) is 2.43. The molecular weight excluding hydrogens is 174 g/mol. The number of nitrogens with zero attached hydrogens (tertiary/aromatic N) is 2. The zero-order chi connectivity index (χ0) is 10.6. The first kappa shape index (κ1) is 11.1. The molecule has 0 amide bonds. The van der Waals surface area contributed by atoms with Crippen molar-refractivity contribution in [1.29, 1.82) is 0 Å². The number of nitrogens with two attached hydrogens (primary N) is 1. The second-order valence-electron chi connectivity index (χ2n) is 3.72. The maximum absolute atomic E-state index is 5.65. The van der Waals surface area contributed by atoms with Gasteiger partial charge in [-0.25, -0.2) is 9.97 Å². The van der Waals surface area contributed by atoms with Crippen molar-refractivity contribution in [2.45, 2.75) is 46.1 Å². The summed E-state index contributed by atoms with van der Waals surface area (Å²) in [4.78, 5) is 8.63. The van der Waals surface area contributed by atoms with Crippen molar-refractivity contribution < 1.29 is 0 Å². The third kappa shape index (κ3) is 2.51. The molecule has 0 fully saturated rings. The van der Waals surface area contributed by atoms with Crippen LogP contribution < -0.4 is 5.73 Å². The van der Waals surface area contributed by atoms with E-state index in [1.165, 1.54) is 6.42 Å². The number of aryl methyl sites for hydroxylation is 1. The second-order valence-corrected chi connectivity index (χ2v) is 3.72. The van der Waals surface area contributed by atoms with Gasteiger partial charge in [0.25, 0.3) is 0 Å². The molecule has 14 heavy (non-hydrogen) atoms. The van der Waals surface area contributed by atoms with Gasteiger partial charge in [0.2, 0.25) is 0 Å². The molecule has 1 aromatic rings. The Morgan fingerprint density at radius 1 is 1.50 bits per heavy atom. The lowest BCUT2D eigenvalue weighted by molar-refractivity contribution is 0.633. The highest BCUT2D eigenvalue weighted by atomic mass is 14.9. The zero-order valence-electron chi connectivity index (χ0n) is 9.25. The molecule has 0 spiro atoms. The van der Waals surface area contributed by atoms with E-state index in [-0.39, 0.29) is 0 Å². The van der Waals surface area contributed by atoms with E-state index >= 15 is 0 Å². The van der Waals surface area contributed by atoms with Crippen LogP contribution in [0.3, 0.4) is 0 Å². The first-order chi connectivity index (χ1) is 6.69. The lowest BCUT2D eigenvalue weighted by atomic mass is 9.98. The Morgan fingerprint density at radius 2 is 2.21 bits per heavy atom. The molecule has 2 N–H and O–H groups in total. The van der Waals surface area contributed by atoms with Gasteiger partial charge in [-0.05, 0) is 19.3 Å². The van der Waals surface area contributed by atoms with E-state index in [2.05, 4.69) is 23.8 Å². The molecule has 1 aromatic heterocycles. The molecule has 0 aliphatic heterocycles. The van der Waals surface area contributed by atoms with Crippen LogP contribution in [0.2, 0.25) is 0 Å². The predicted octanol–water partition coefficient (Wildman–Crippen LogP) is 2.15. The smallest absolute Gasteiger partial charge is 0.125 e. The average molecular weight is 193 g/mol. The minimum atomic E-state index is 0.486. The Kier molecular flexibility index (Phi) is 4.01. The molecule has 0 saturated carbocycles. The predicted molar refractivity (Wildman–Crippen MR) is 58.0 cm³/mol. The molecule has 1 heterocycles. The van der Waals surface area contributed by atoms with E-state index in [0.717, 1.165) is 23.5 Å². The van der Waals surface area contributed by atoms with E-state index in [1.807, 2.05) is 13.1 Å². The molecule has 1 atom stereocenters. The van der Waals surface area contributed by atoms with Gasteiger partial charge < -0.3 is 5.73 Å². The molecule has 0 radical (unpaired) electrons. The summed E-state index contributed by atoms with van der Waals surface area (Å²) >= 11 is 0. The fourth-order valence-corrected chi connectivity index (χ4v) is 1.67. The Labute approximate surface area is 85.8 Å². The number of rotatable bonds is 4. The summed E-state index contributed by atoms with van der Waals surface area (Å²) < 4.78 is 0. The van der Waals surface area contributed by atoms with Crippen molar-refractivity contribution in [2.75, 3.05) is 0 Å². The van der Waals surface area contributed by atoms with Crippen LogP contribution in [0, 0.1) is 6.92 Å². The molecule has 0 bridgehead atoms. The van der Waals surface area contributed by atoms with Crippen LogP contribution in [0.5, 0.6) is 0 Å². The Hall–Kier alpha value is -0.960. The molecule has 3 heteroatoms. The molecule has 1 unspecified atom stereocenters. The van der Waals surface area contributed by atoms with E-state index in [4.69, 9.17) is 5.73 Å². The summed E-state index contributed by atoms with van der Waals surface area (Å²) in [5.41, 5.74) is 7.86. The summed E-state index contributed by atoms with van der Waals surface area (Å²) in [6.45, 7) is 6.84. The van der Waals surface area contributed by atoms with Crippen LogP contribution in [-0.2, 0) is 6.54 Å². The van der Waals surface area contributed by atoms with Crippen molar-refractivity contribution in [3.05, 3.63) is 23.3 Å². The fraction of sp³-hybridized carbons (Fsp3) is 0.636. The molecular formula is C11H19N3. The van der Waals surface area contributed by atoms with Gasteiger partial charge in [-0.15, -0.1) is 0 Å². The van der Waals surface area contributed by atoms with Crippen molar-refractivity contribution in [1.82, 2.24) is 9.97 Å². The minimum absolute atomic E-state index is 0.486. The number of aromatic nitrogens is 2. The van der Waals surface area contributed by atoms with Crippen molar-refractivity contribution in [3.63, 3.8) is 0 Å². The summed E-state index contributed by atoms with van der Waals surface area (Å²) in [6, 6.07) is 0. The van der Waals surface area contributed by atoms with E-state index in [1.54, 1.807) is 0 Å². The van der Waals surface area contributed by atoms with Crippen LogP contribution >= 0.6 is 0 Å². The molecule has 0 aromatic carbocycles. The Balaban J connectivity index is 2.97. The summed E-state index contributed by atoms with van der Waals surface area (Å²) in [7, 11) is 0. The quantitative estimate of drug-likeness (QED) is 0.797. The van der Waals surface area contributed by atoms with Gasteiger partial charge in [0.15, 0.2) is 0 Å². The number of hydrogen-bond acceptors (Lipinski definition) is 3. The normalized spacial score (nSPS) is 12.9. The summed E-state index contributed by atoms with van der Waals surface area (Å²) in [6.07, 6.45) is 4.18. The fourth-order valence-electron chi connectivity index (χ4n) is 1.67. The van der Waals surface area contributed by atoms with Crippen molar-refractivity contribution in [2.24, 2.45) is 5.73 Å². The molecule has 1 rings (SSSR count). The van der Waals surface area contributed by atoms with E-state index < -0.39 is 0 Å². The van der Waals surface area contributed by atoms with Crippen LogP contribution in [0.4, 0.5) is 0 Å². The lowest BCUT2D eigenvalue weighted by Gasteiger charge is -2.13. The third-order valence-corrected chi connectivity index (χ3v) is 2.43. The van der Waals surface area contributed by atoms with E-state index in [0.29, 0.717) is 12.5 Å². The van der Waals surface area contributed by atoms with Crippen LogP contribution in [0.25, 0.3) is 0 Å². The lowest BCUT2D eigenvalue weighted by Crippen LogP contribution is -2.09. The van der Waals surface area contributed by atoms with Gasteiger partial charge in [0.05, 0.1) is 5.69 Å². The first-order valence-corrected chi connectivity index (χ1v) is 5.21. The summed E-state index contributed by atoms with van der Waals surface area (Å²) in [5.74, 6) is 1.32. The highest BCUT2D eigenvalue weighted by molar-refractivity contribution is 5.20. The number of hydrogen-bond donors (Lipinski definition) is 1. The average Bonchev–Trinajstić information content (AvgIpc) is 2.18. The SMILES string of the molecule is CCCC(C)c1nc(C)ncc1CN. The standard InChI is InChI=1S/C11H19N3/c1-4-5-8(2)11-10(6-12)7-13-9(3)14-11/h7-8H,4-6,12H2,1-3H3. The zero-order valence-corrected chi connectivity index (χ0v) is 9.25. The van der Waals surface area contributed by atoms with Crippen LogP contribution in [0.15, 0.2) is 6.20 Å². The maximum Gasteiger partial charge on any atom is 0.125 e. The molecule has 3 nitrogen and oxygen atoms in total. The van der Waals surface area contributed by atoms with Crippen LogP contribution in [0.1, 0.15) is 49.7 Å².